The van der Waals surface area contributed by atoms with Gasteiger partial charge in [-0.2, -0.15) is 0 Å². The highest BCUT2D eigenvalue weighted by Crippen LogP contribution is 2.04. The normalized spacial score (nSPS) is 10.8. The van der Waals surface area contributed by atoms with Gasteiger partial charge in [-0.15, -0.1) is 0 Å². The van der Waals surface area contributed by atoms with E-state index in [4.69, 9.17) is 4.74 Å². The number of amides is 2. The number of carbonyl (C=O) groups is 1. The van der Waals surface area contributed by atoms with Crippen molar-refractivity contribution in [2.24, 2.45) is 5.92 Å². The lowest BCUT2D eigenvalue weighted by atomic mass is 10.2. The average Bonchev–Trinajstić information content (AvgIpc) is 2.75. The molecule has 114 valence electrons. The number of methoxy groups -OCH3 is 1. The van der Waals surface area contributed by atoms with Crippen LogP contribution in [-0.2, 0) is 17.7 Å². The second kappa shape index (κ2) is 8.58. The van der Waals surface area contributed by atoms with E-state index in [1.807, 2.05) is 13.1 Å². The third-order valence-electron chi connectivity index (χ3n) is 2.96. The predicted molar refractivity (Wildman–Crippen MR) is 78.8 cm³/mol. The number of hydrogen-bond donors (Lipinski definition) is 2. The van der Waals surface area contributed by atoms with Crippen molar-refractivity contribution in [1.82, 2.24) is 20.2 Å². The molecule has 0 aliphatic rings. The zero-order chi connectivity index (χ0) is 15.0. The van der Waals surface area contributed by atoms with E-state index in [0.29, 0.717) is 32.0 Å². The Kier molecular flexibility index (Phi) is 7.08. The summed E-state index contributed by atoms with van der Waals surface area (Å²) >= 11 is 0. The molecule has 2 amide bonds. The maximum atomic E-state index is 11.5. The lowest BCUT2D eigenvalue weighted by Crippen LogP contribution is -2.38. The quantitative estimate of drug-likeness (QED) is 0.756. The van der Waals surface area contributed by atoms with Gasteiger partial charge in [-0.3, -0.25) is 0 Å². The molecule has 2 N–H and O–H groups in total. The first-order valence-electron chi connectivity index (χ1n) is 7.06. The van der Waals surface area contributed by atoms with Crippen LogP contribution in [0.1, 0.15) is 25.4 Å². The summed E-state index contributed by atoms with van der Waals surface area (Å²) in [5.41, 5.74) is 1.11. The van der Waals surface area contributed by atoms with Crippen molar-refractivity contribution in [3.05, 3.63) is 17.7 Å². The van der Waals surface area contributed by atoms with Crippen molar-refractivity contribution in [3.63, 3.8) is 0 Å². The lowest BCUT2D eigenvalue weighted by Gasteiger charge is -2.11. The van der Waals surface area contributed by atoms with E-state index in [0.717, 1.165) is 18.1 Å². The van der Waals surface area contributed by atoms with Gasteiger partial charge >= 0.3 is 6.03 Å². The zero-order valence-corrected chi connectivity index (χ0v) is 12.9. The molecule has 0 atom stereocenters. The fourth-order valence-corrected chi connectivity index (χ4v) is 1.85. The number of imidazole rings is 1. The largest absolute Gasteiger partial charge is 0.383 e. The molecule has 6 nitrogen and oxygen atoms in total. The van der Waals surface area contributed by atoms with Crippen LogP contribution in [0.5, 0.6) is 0 Å². The molecule has 0 unspecified atom stereocenters. The molecule has 0 bridgehead atoms. The van der Waals surface area contributed by atoms with Gasteiger partial charge in [0.15, 0.2) is 0 Å². The topological polar surface area (TPSA) is 68.2 Å². The minimum atomic E-state index is -0.120. The molecule has 1 rings (SSSR count). The van der Waals surface area contributed by atoms with E-state index in [9.17, 15) is 4.79 Å². The Bertz CT molecular complexity index is 415. The molecule has 1 aromatic heterocycles. The van der Waals surface area contributed by atoms with Crippen LogP contribution in [0.3, 0.4) is 0 Å². The average molecular weight is 282 g/mol. The SMILES string of the molecule is COCCn1c(C)cnc1CCNC(=O)NCC(C)C. The van der Waals surface area contributed by atoms with Crippen molar-refractivity contribution in [2.75, 3.05) is 26.8 Å². The Morgan fingerprint density at radius 1 is 1.45 bits per heavy atom. The maximum absolute atomic E-state index is 11.5. The summed E-state index contributed by atoms with van der Waals surface area (Å²) in [6.45, 7) is 8.87. The third kappa shape index (κ3) is 5.61. The lowest BCUT2D eigenvalue weighted by molar-refractivity contribution is 0.185. The van der Waals surface area contributed by atoms with Crippen LogP contribution in [0, 0.1) is 12.8 Å². The summed E-state index contributed by atoms with van der Waals surface area (Å²) in [5.74, 6) is 1.43. The molecule has 0 aromatic carbocycles. The van der Waals surface area contributed by atoms with Gasteiger partial charge in [-0.05, 0) is 12.8 Å². The van der Waals surface area contributed by atoms with E-state index in [1.54, 1.807) is 7.11 Å². The maximum Gasteiger partial charge on any atom is 0.314 e. The Labute approximate surface area is 120 Å². The number of nitrogens with zero attached hydrogens (tertiary/aromatic N) is 2. The molecule has 6 heteroatoms. The molecule has 0 spiro atoms. The number of carbonyl (C=O) groups excluding carboxylic acids is 1. The molecule has 0 saturated carbocycles. The number of nitrogens with one attached hydrogen (secondary N) is 2. The fraction of sp³-hybridized carbons (Fsp3) is 0.714. The van der Waals surface area contributed by atoms with E-state index >= 15 is 0 Å². The second-order valence-corrected chi connectivity index (χ2v) is 5.24. The van der Waals surface area contributed by atoms with Crippen LogP contribution >= 0.6 is 0 Å². The van der Waals surface area contributed by atoms with Crippen LogP contribution in [0.25, 0.3) is 0 Å². The zero-order valence-electron chi connectivity index (χ0n) is 12.9. The highest BCUT2D eigenvalue weighted by atomic mass is 16.5. The van der Waals surface area contributed by atoms with Crippen molar-refractivity contribution in [3.8, 4) is 0 Å². The van der Waals surface area contributed by atoms with Crippen molar-refractivity contribution in [2.45, 2.75) is 33.7 Å². The Balaban J connectivity index is 2.36. The predicted octanol–water partition coefficient (Wildman–Crippen LogP) is 1.34. The van der Waals surface area contributed by atoms with Crippen LogP contribution in [-0.4, -0.2) is 42.4 Å². The number of aromatic nitrogens is 2. The van der Waals surface area contributed by atoms with Gasteiger partial charge in [-0.25, -0.2) is 9.78 Å². The Morgan fingerprint density at radius 3 is 2.85 bits per heavy atom. The number of ether oxygens (including phenoxy) is 1. The molecule has 0 aliphatic carbocycles. The summed E-state index contributed by atoms with van der Waals surface area (Å²) in [7, 11) is 1.69. The number of rotatable bonds is 8. The molecule has 1 aromatic rings. The monoisotopic (exact) mass is 282 g/mol. The third-order valence-corrected chi connectivity index (χ3v) is 2.96. The van der Waals surface area contributed by atoms with Gasteiger partial charge in [0.1, 0.15) is 5.82 Å². The van der Waals surface area contributed by atoms with E-state index in [-0.39, 0.29) is 6.03 Å². The summed E-state index contributed by atoms with van der Waals surface area (Å²) in [5, 5.41) is 5.67. The number of hydrogen-bond acceptors (Lipinski definition) is 3. The van der Waals surface area contributed by atoms with Gasteiger partial charge in [0.25, 0.3) is 0 Å². The van der Waals surface area contributed by atoms with Crippen LogP contribution in [0.2, 0.25) is 0 Å². The molecule has 0 fully saturated rings. The first-order valence-corrected chi connectivity index (χ1v) is 7.06. The van der Waals surface area contributed by atoms with E-state index < -0.39 is 0 Å². The van der Waals surface area contributed by atoms with E-state index in [2.05, 4.69) is 34.0 Å². The molecular weight excluding hydrogens is 256 g/mol. The molecule has 0 aliphatic heterocycles. The summed E-state index contributed by atoms with van der Waals surface area (Å²) in [6, 6.07) is -0.120. The van der Waals surface area contributed by atoms with Gasteiger partial charge < -0.3 is 19.9 Å². The highest BCUT2D eigenvalue weighted by molar-refractivity contribution is 5.73. The molecule has 1 heterocycles. The van der Waals surface area contributed by atoms with Gasteiger partial charge in [-0.1, -0.05) is 13.8 Å². The highest BCUT2D eigenvalue weighted by Gasteiger charge is 2.07. The standard InChI is InChI=1S/C14H26N4O2/c1-11(2)9-17-14(19)15-6-5-13-16-10-12(3)18(13)7-8-20-4/h10-11H,5-9H2,1-4H3,(H2,15,17,19). The second-order valence-electron chi connectivity index (χ2n) is 5.24. The first-order chi connectivity index (χ1) is 9.54. The number of aryl methyl sites for hydroxylation is 1. The number of urea groups is 1. The minimum absolute atomic E-state index is 0.120. The van der Waals surface area contributed by atoms with Crippen LogP contribution in [0.15, 0.2) is 6.20 Å². The van der Waals surface area contributed by atoms with Crippen molar-refractivity contribution >= 4 is 6.03 Å². The molecule has 0 saturated heterocycles. The Hall–Kier alpha value is -1.56. The van der Waals surface area contributed by atoms with Gasteiger partial charge in [0.2, 0.25) is 0 Å². The Morgan fingerprint density at radius 2 is 2.20 bits per heavy atom. The smallest absolute Gasteiger partial charge is 0.314 e. The summed E-state index contributed by atoms with van der Waals surface area (Å²) in [6.07, 6.45) is 2.57. The van der Waals surface area contributed by atoms with Crippen molar-refractivity contribution < 1.29 is 9.53 Å². The molecule has 0 radical (unpaired) electrons. The summed E-state index contributed by atoms with van der Waals surface area (Å²) in [4.78, 5) is 15.9. The summed E-state index contributed by atoms with van der Waals surface area (Å²) < 4.78 is 7.22. The van der Waals surface area contributed by atoms with Gasteiger partial charge in [0.05, 0.1) is 6.61 Å². The van der Waals surface area contributed by atoms with E-state index in [1.165, 1.54) is 0 Å². The van der Waals surface area contributed by atoms with Crippen LogP contribution in [0.4, 0.5) is 4.79 Å². The van der Waals surface area contributed by atoms with Crippen LogP contribution < -0.4 is 10.6 Å². The minimum Gasteiger partial charge on any atom is -0.383 e. The molecule has 20 heavy (non-hydrogen) atoms. The van der Waals surface area contributed by atoms with Crippen molar-refractivity contribution in [1.29, 1.82) is 0 Å². The first kappa shape index (κ1) is 16.5. The van der Waals surface area contributed by atoms with Gasteiger partial charge in [0, 0.05) is 45.1 Å². The fourth-order valence-electron chi connectivity index (χ4n) is 1.85. The molecular formula is C14H26N4O2.